The van der Waals surface area contributed by atoms with Gasteiger partial charge in [0.15, 0.2) is 6.04 Å². The molecular formula is C8H17NO4. The van der Waals surface area contributed by atoms with Crippen molar-refractivity contribution in [3.63, 3.8) is 0 Å². The van der Waals surface area contributed by atoms with Crippen LogP contribution in [0.5, 0.6) is 0 Å². The number of aliphatic hydroxyl groups excluding tert-OH is 1. The smallest absolute Gasteiger partial charge is 0.327 e. The zero-order chi connectivity index (χ0) is 10.5. The van der Waals surface area contributed by atoms with Gasteiger partial charge in [-0.3, -0.25) is 9.63 Å². The molecule has 0 aromatic heterocycles. The molecule has 0 aliphatic rings. The van der Waals surface area contributed by atoms with E-state index in [2.05, 4.69) is 10.2 Å². The number of ether oxygens (including phenoxy) is 1. The second-order valence-corrected chi connectivity index (χ2v) is 3.59. The molecule has 5 nitrogen and oxygen atoms in total. The van der Waals surface area contributed by atoms with E-state index in [1.54, 1.807) is 0 Å². The summed E-state index contributed by atoms with van der Waals surface area (Å²) in [4.78, 5) is 16.0. The Labute approximate surface area is 78.0 Å². The van der Waals surface area contributed by atoms with Crippen LogP contribution in [0.15, 0.2) is 0 Å². The van der Waals surface area contributed by atoms with Crippen LogP contribution in [-0.2, 0) is 14.4 Å². The summed E-state index contributed by atoms with van der Waals surface area (Å²) in [5.74, 6) is -0.549. The van der Waals surface area contributed by atoms with Gasteiger partial charge in [0.25, 0.3) is 0 Å². The molecule has 0 aromatic rings. The molecule has 2 N–H and O–H groups in total. The molecule has 0 saturated heterocycles. The number of hydrogen-bond acceptors (Lipinski definition) is 5. The van der Waals surface area contributed by atoms with Gasteiger partial charge >= 0.3 is 5.97 Å². The van der Waals surface area contributed by atoms with Crippen molar-refractivity contribution >= 4 is 5.97 Å². The van der Waals surface area contributed by atoms with Crippen LogP contribution in [0.4, 0.5) is 0 Å². The van der Waals surface area contributed by atoms with E-state index in [0.29, 0.717) is 0 Å². The highest BCUT2D eigenvalue weighted by Crippen LogP contribution is 2.04. The SMILES string of the molecule is COC(=O)[C@@H](CO)NOC(C)(C)C. The van der Waals surface area contributed by atoms with E-state index < -0.39 is 17.6 Å². The maximum atomic E-state index is 10.9. The van der Waals surface area contributed by atoms with E-state index in [1.807, 2.05) is 20.8 Å². The van der Waals surface area contributed by atoms with Crippen molar-refractivity contribution in [3.05, 3.63) is 0 Å². The lowest BCUT2D eigenvalue weighted by Gasteiger charge is -2.22. The van der Waals surface area contributed by atoms with Gasteiger partial charge in [0.1, 0.15) is 0 Å². The third-order valence-electron chi connectivity index (χ3n) is 1.18. The quantitative estimate of drug-likeness (QED) is 0.477. The van der Waals surface area contributed by atoms with Crippen molar-refractivity contribution in [2.45, 2.75) is 32.4 Å². The number of rotatable bonds is 4. The van der Waals surface area contributed by atoms with Crippen molar-refractivity contribution < 1.29 is 19.5 Å². The van der Waals surface area contributed by atoms with E-state index in [4.69, 9.17) is 9.94 Å². The van der Waals surface area contributed by atoms with Crippen LogP contribution in [0.2, 0.25) is 0 Å². The van der Waals surface area contributed by atoms with Crippen LogP contribution >= 0.6 is 0 Å². The van der Waals surface area contributed by atoms with Gasteiger partial charge in [-0.05, 0) is 20.8 Å². The Morgan fingerprint density at radius 1 is 1.54 bits per heavy atom. The van der Waals surface area contributed by atoms with Crippen LogP contribution in [0.1, 0.15) is 20.8 Å². The Bertz CT molecular complexity index is 164. The monoisotopic (exact) mass is 191 g/mol. The van der Waals surface area contributed by atoms with Crippen LogP contribution < -0.4 is 5.48 Å². The number of hydroxylamine groups is 1. The van der Waals surface area contributed by atoms with Crippen molar-refractivity contribution in [2.75, 3.05) is 13.7 Å². The summed E-state index contributed by atoms with van der Waals surface area (Å²) in [7, 11) is 1.25. The lowest BCUT2D eigenvalue weighted by molar-refractivity contribution is -0.155. The first-order valence-electron chi connectivity index (χ1n) is 4.03. The highest BCUT2D eigenvalue weighted by atomic mass is 16.7. The topological polar surface area (TPSA) is 67.8 Å². The Kier molecular flexibility index (Phi) is 4.90. The maximum absolute atomic E-state index is 10.9. The van der Waals surface area contributed by atoms with Crippen LogP contribution in [0, 0.1) is 0 Å². The van der Waals surface area contributed by atoms with Gasteiger partial charge in [0.05, 0.1) is 19.3 Å². The summed E-state index contributed by atoms with van der Waals surface area (Å²) in [6.45, 7) is 5.12. The summed E-state index contributed by atoms with van der Waals surface area (Å²) in [5, 5.41) is 8.78. The van der Waals surface area contributed by atoms with Crippen LogP contribution in [-0.4, -0.2) is 36.4 Å². The van der Waals surface area contributed by atoms with Crippen molar-refractivity contribution in [2.24, 2.45) is 0 Å². The van der Waals surface area contributed by atoms with E-state index in [9.17, 15) is 4.79 Å². The molecule has 0 rings (SSSR count). The molecule has 78 valence electrons. The van der Waals surface area contributed by atoms with Crippen LogP contribution in [0.3, 0.4) is 0 Å². The molecule has 0 fully saturated rings. The predicted molar refractivity (Wildman–Crippen MR) is 46.9 cm³/mol. The van der Waals surface area contributed by atoms with Gasteiger partial charge < -0.3 is 9.84 Å². The normalized spacial score (nSPS) is 13.9. The average molecular weight is 191 g/mol. The fraction of sp³-hybridized carbons (Fsp3) is 0.875. The minimum Gasteiger partial charge on any atom is -0.468 e. The highest BCUT2D eigenvalue weighted by molar-refractivity contribution is 5.75. The van der Waals surface area contributed by atoms with Gasteiger partial charge in [-0.25, -0.2) is 0 Å². The van der Waals surface area contributed by atoms with E-state index in [1.165, 1.54) is 7.11 Å². The minimum atomic E-state index is -0.829. The molecular weight excluding hydrogens is 174 g/mol. The third kappa shape index (κ3) is 5.57. The number of esters is 1. The Morgan fingerprint density at radius 3 is 2.38 bits per heavy atom. The number of nitrogens with one attached hydrogen (secondary N) is 1. The Morgan fingerprint density at radius 2 is 2.08 bits per heavy atom. The highest BCUT2D eigenvalue weighted by Gasteiger charge is 2.21. The van der Waals surface area contributed by atoms with Gasteiger partial charge in [0, 0.05) is 0 Å². The summed E-state index contributed by atoms with van der Waals surface area (Å²) in [5.41, 5.74) is 2.02. The number of aliphatic hydroxyl groups is 1. The first-order valence-corrected chi connectivity index (χ1v) is 4.03. The Balaban J connectivity index is 3.93. The summed E-state index contributed by atoms with van der Waals surface area (Å²) < 4.78 is 4.43. The predicted octanol–water partition coefficient (Wildman–Crippen LogP) is -0.160. The largest absolute Gasteiger partial charge is 0.468 e. The number of carbonyl (C=O) groups is 1. The molecule has 5 heteroatoms. The third-order valence-corrected chi connectivity index (χ3v) is 1.18. The second kappa shape index (κ2) is 5.16. The molecule has 13 heavy (non-hydrogen) atoms. The van der Waals surface area contributed by atoms with E-state index >= 15 is 0 Å². The fourth-order valence-electron chi connectivity index (χ4n) is 0.550. The van der Waals surface area contributed by atoms with Crippen molar-refractivity contribution in [3.8, 4) is 0 Å². The molecule has 0 radical (unpaired) electrons. The van der Waals surface area contributed by atoms with Gasteiger partial charge in [-0.15, -0.1) is 0 Å². The number of carbonyl (C=O) groups excluding carboxylic acids is 1. The average Bonchev–Trinajstić information content (AvgIpc) is 2.03. The fourth-order valence-corrected chi connectivity index (χ4v) is 0.550. The number of methoxy groups -OCH3 is 1. The van der Waals surface area contributed by atoms with Gasteiger partial charge in [-0.2, -0.15) is 5.48 Å². The van der Waals surface area contributed by atoms with Crippen LogP contribution in [0.25, 0.3) is 0 Å². The van der Waals surface area contributed by atoms with Gasteiger partial charge in [-0.1, -0.05) is 0 Å². The molecule has 0 aromatic carbocycles. The molecule has 0 aliphatic heterocycles. The first-order chi connectivity index (χ1) is 5.90. The lowest BCUT2D eigenvalue weighted by atomic mass is 10.2. The molecule has 0 spiro atoms. The molecule has 0 heterocycles. The maximum Gasteiger partial charge on any atom is 0.327 e. The molecule has 1 atom stereocenters. The van der Waals surface area contributed by atoms with Crippen molar-refractivity contribution in [1.82, 2.24) is 5.48 Å². The van der Waals surface area contributed by atoms with E-state index in [0.717, 1.165) is 0 Å². The zero-order valence-electron chi connectivity index (χ0n) is 8.46. The minimum absolute atomic E-state index is 0.358. The lowest BCUT2D eigenvalue weighted by Crippen LogP contribution is -2.44. The Hall–Kier alpha value is -0.650. The molecule has 0 bridgehead atoms. The molecule has 0 amide bonds. The number of hydrogen-bond donors (Lipinski definition) is 2. The van der Waals surface area contributed by atoms with E-state index in [-0.39, 0.29) is 6.61 Å². The molecule has 0 aliphatic carbocycles. The van der Waals surface area contributed by atoms with Crippen molar-refractivity contribution in [1.29, 1.82) is 0 Å². The molecule has 0 unspecified atom stereocenters. The zero-order valence-corrected chi connectivity index (χ0v) is 8.46. The second-order valence-electron chi connectivity index (χ2n) is 3.59. The first kappa shape index (κ1) is 12.3. The summed E-state index contributed by atoms with van der Waals surface area (Å²) in [6.07, 6.45) is 0. The van der Waals surface area contributed by atoms with Gasteiger partial charge in [0.2, 0.25) is 0 Å². The summed E-state index contributed by atoms with van der Waals surface area (Å²) in [6, 6.07) is -0.829. The molecule has 0 saturated carbocycles. The summed E-state index contributed by atoms with van der Waals surface area (Å²) >= 11 is 0. The standard InChI is InChI=1S/C8H17NO4/c1-8(2,3)13-9-6(5-10)7(11)12-4/h6,9-10H,5H2,1-4H3/t6-/m1/s1.